The number of carbonyl (C=O) groups is 2. The SMILES string of the molecule is CCCNC(=O)C1CCN(CC(=O)Nc2c(C)cccc2C(C)C)CC1. The van der Waals surface area contributed by atoms with Crippen molar-refractivity contribution in [2.24, 2.45) is 5.92 Å². The van der Waals surface area contributed by atoms with Gasteiger partial charge in [-0.1, -0.05) is 39.0 Å². The van der Waals surface area contributed by atoms with Crippen LogP contribution in [0.2, 0.25) is 0 Å². The molecular weight excluding hydrogens is 326 g/mol. The van der Waals surface area contributed by atoms with Crippen LogP contribution < -0.4 is 10.6 Å². The second-order valence-corrected chi connectivity index (χ2v) is 7.58. The molecule has 26 heavy (non-hydrogen) atoms. The molecule has 1 saturated heterocycles. The molecule has 0 atom stereocenters. The van der Waals surface area contributed by atoms with Crippen molar-refractivity contribution in [1.29, 1.82) is 0 Å². The Morgan fingerprint density at radius 2 is 1.92 bits per heavy atom. The van der Waals surface area contributed by atoms with Gasteiger partial charge in [0.1, 0.15) is 0 Å². The zero-order valence-corrected chi connectivity index (χ0v) is 16.6. The van der Waals surface area contributed by atoms with Gasteiger partial charge in [0, 0.05) is 18.2 Å². The van der Waals surface area contributed by atoms with Gasteiger partial charge in [0.15, 0.2) is 0 Å². The normalized spacial score (nSPS) is 15.9. The molecule has 2 N–H and O–H groups in total. The molecule has 2 rings (SSSR count). The monoisotopic (exact) mass is 359 g/mol. The van der Waals surface area contributed by atoms with Crippen LogP contribution in [0.25, 0.3) is 0 Å². The average Bonchev–Trinajstić information content (AvgIpc) is 2.61. The highest BCUT2D eigenvalue weighted by Crippen LogP contribution is 2.27. The minimum Gasteiger partial charge on any atom is -0.356 e. The van der Waals surface area contributed by atoms with Gasteiger partial charge < -0.3 is 10.6 Å². The Morgan fingerprint density at radius 1 is 1.23 bits per heavy atom. The summed E-state index contributed by atoms with van der Waals surface area (Å²) in [6, 6.07) is 6.14. The highest BCUT2D eigenvalue weighted by atomic mass is 16.2. The standard InChI is InChI=1S/C21H33N3O2/c1-5-11-22-21(26)17-9-12-24(13-10-17)14-19(25)23-20-16(4)7-6-8-18(20)15(2)3/h6-8,15,17H,5,9-14H2,1-4H3,(H,22,26)(H,23,25). The van der Waals surface area contributed by atoms with Crippen LogP contribution in [0.4, 0.5) is 5.69 Å². The third-order valence-electron chi connectivity index (χ3n) is 5.07. The van der Waals surface area contributed by atoms with Crippen molar-refractivity contribution in [3.8, 4) is 0 Å². The number of likely N-dealkylation sites (tertiary alicyclic amines) is 1. The Labute approximate surface area is 157 Å². The van der Waals surface area contributed by atoms with E-state index in [9.17, 15) is 9.59 Å². The molecule has 5 heteroatoms. The summed E-state index contributed by atoms with van der Waals surface area (Å²) in [4.78, 5) is 26.7. The van der Waals surface area contributed by atoms with Crippen molar-refractivity contribution in [1.82, 2.24) is 10.2 Å². The van der Waals surface area contributed by atoms with Gasteiger partial charge in [0.2, 0.25) is 11.8 Å². The third kappa shape index (κ3) is 5.56. The molecular formula is C21H33N3O2. The van der Waals surface area contributed by atoms with E-state index >= 15 is 0 Å². The molecule has 5 nitrogen and oxygen atoms in total. The summed E-state index contributed by atoms with van der Waals surface area (Å²) < 4.78 is 0. The van der Waals surface area contributed by atoms with E-state index in [1.165, 1.54) is 5.56 Å². The van der Waals surface area contributed by atoms with E-state index in [1.807, 2.05) is 19.1 Å². The van der Waals surface area contributed by atoms with Gasteiger partial charge in [-0.25, -0.2) is 0 Å². The summed E-state index contributed by atoms with van der Waals surface area (Å²) >= 11 is 0. The fraction of sp³-hybridized carbons (Fsp3) is 0.619. The van der Waals surface area contributed by atoms with Crippen LogP contribution in [0.5, 0.6) is 0 Å². The van der Waals surface area contributed by atoms with Gasteiger partial charge in [0.25, 0.3) is 0 Å². The summed E-state index contributed by atoms with van der Waals surface area (Å²) in [6.45, 7) is 11.1. The topological polar surface area (TPSA) is 61.4 Å². The van der Waals surface area contributed by atoms with E-state index in [4.69, 9.17) is 0 Å². The number of rotatable bonds is 7. The van der Waals surface area contributed by atoms with Crippen LogP contribution in [0.15, 0.2) is 18.2 Å². The predicted octanol–water partition coefficient (Wildman–Crippen LogP) is 3.30. The Morgan fingerprint density at radius 3 is 2.54 bits per heavy atom. The van der Waals surface area contributed by atoms with Crippen LogP contribution >= 0.6 is 0 Å². The maximum absolute atomic E-state index is 12.5. The van der Waals surface area contributed by atoms with Crippen molar-refractivity contribution in [2.75, 3.05) is 31.5 Å². The molecule has 2 amide bonds. The number of piperidine rings is 1. The quantitative estimate of drug-likeness (QED) is 0.785. The average molecular weight is 360 g/mol. The summed E-state index contributed by atoms with van der Waals surface area (Å²) in [5.41, 5.74) is 3.21. The lowest BCUT2D eigenvalue weighted by Crippen LogP contribution is -2.43. The van der Waals surface area contributed by atoms with E-state index in [-0.39, 0.29) is 17.7 Å². The van der Waals surface area contributed by atoms with Gasteiger partial charge in [-0.3, -0.25) is 14.5 Å². The van der Waals surface area contributed by atoms with Gasteiger partial charge in [-0.05, 0) is 56.3 Å². The second kappa shape index (κ2) is 9.72. The fourth-order valence-electron chi connectivity index (χ4n) is 3.47. The Kier molecular flexibility index (Phi) is 7.64. The van der Waals surface area contributed by atoms with Crippen LogP contribution in [-0.2, 0) is 9.59 Å². The zero-order valence-electron chi connectivity index (χ0n) is 16.6. The maximum atomic E-state index is 12.5. The predicted molar refractivity (Wildman–Crippen MR) is 106 cm³/mol. The van der Waals surface area contributed by atoms with E-state index in [2.05, 4.69) is 42.4 Å². The second-order valence-electron chi connectivity index (χ2n) is 7.58. The molecule has 1 fully saturated rings. The van der Waals surface area contributed by atoms with Crippen molar-refractivity contribution in [3.63, 3.8) is 0 Å². The molecule has 0 unspecified atom stereocenters. The third-order valence-corrected chi connectivity index (χ3v) is 5.07. The first kappa shape index (κ1) is 20.4. The number of anilines is 1. The summed E-state index contributed by atoms with van der Waals surface area (Å²) in [5, 5.41) is 6.09. The van der Waals surface area contributed by atoms with E-state index < -0.39 is 0 Å². The van der Waals surface area contributed by atoms with Crippen LogP contribution in [0, 0.1) is 12.8 Å². The molecule has 1 heterocycles. The molecule has 1 aromatic rings. The molecule has 1 aromatic carbocycles. The van der Waals surface area contributed by atoms with E-state index in [0.29, 0.717) is 12.5 Å². The number of benzene rings is 1. The van der Waals surface area contributed by atoms with Crippen molar-refractivity contribution in [3.05, 3.63) is 29.3 Å². The lowest BCUT2D eigenvalue weighted by molar-refractivity contribution is -0.126. The van der Waals surface area contributed by atoms with Crippen LogP contribution in [0.1, 0.15) is 57.1 Å². The number of aryl methyl sites for hydroxylation is 1. The van der Waals surface area contributed by atoms with Gasteiger partial charge in [-0.2, -0.15) is 0 Å². The number of carbonyl (C=O) groups excluding carboxylic acids is 2. The Bertz CT molecular complexity index is 620. The van der Waals surface area contributed by atoms with Crippen LogP contribution in [-0.4, -0.2) is 42.9 Å². The van der Waals surface area contributed by atoms with Crippen molar-refractivity contribution < 1.29 is 9.59 Å². The van der Waals surface area contributed by atoms with Crippen LogP contribution in [0.3, 0.4) is 0 Å². The first-order chi connectivity index (χ1) is 12.4. The van der Waals surface area contributed by atoms with Gasteiger partial charge in [0.05, 0.1) is 6.54 Å². The number of hydrogen-bond donors (Lipinski definition) is 2. The zero-order chi connectivity index (χ0) is 19.1. The molecule has 0 saturated carbocycles. The Balaban J connectivity index is 1.86. The highest BCUT2D eigenvalue weighted by Gasteiger charge is 2.25. The highest BCUT2D eigenvalue weighted by molar-refractivity contribution is 5.94. The smallest absolute Gasteiger partial charge is 0.238 e. The first-order valence-corrected chi connectivity index (χ1v) is 9.81. The van der Waals surface area contributed by atoms with E-state index in [0.717, 1.165) is 50.1 Å². The fourth-order valence-corrected chi connectivity index (χ4v) is 3.47. The summed E-state index contributed by atoms with van der Waals surface area (Å²) in [5.74, 6) is 0.639. The molecule has 1 aliphatic heterocycles. The molecule has 0 spiro atoms. The van der Waals surface area contributed by atoms with Crippen molar-refractivity contribution in [2.45, 2.75) is 52.9 Å². The molecule has 1 aliphatic rings. The molecule has 0 radical (unpaired) electrons. The maximum Gasteiger partial charge on any atom is 0.238 e. The van der Waals surface area contributed by atoms with Gasteiger partial charge in [-0.15, -0.1) is 0 Å². The first-order valence-electron chi connectivity index (χ1n) is 9.81. The Hall–Kier alpha value is -1.88. The number of hydrogen-bond acceptors (Lipinski definition) is 3. The number of nitrogens with one attached hydrogen (secondary N) is 2. The van der Waals surface area contributed by atoms with E-state index in [1.54, 1.807) is 0 Å². The molecule has 0 aliphatic carbocycles. The number of amides is 2. The number of nitrogens with zero attached hydrogens (tertiary/aromatic N) is 1. The molecule has 0 bridgehead atoms. The largest absolute Gasteiger partial charge is 0.356 e. The van der Waals surface area contributed by atoms with Crippen molar-refractivity contribution >= 4 is 17.5 Å². The number of para-hydroxylation sites is 1. The minimum atomic E-state index is 0.0232. The van der Waals surface area contributed by atoms with Gasteiger partial charge >= 0.3 is 0 Å². The lowest BCUT2D eigenvalue weighted by atomic mass is 9.96. The minimum absolute atomic E-state index is 0.0232. The lowest BCUT2D eigenvalue weighted by Gasteiger charge is -2.31. The summed E-state index contributed by atoms with van der Waals surface area (Å²) in [6.07, 6.45) is 2.61. The molecule has 0 aromatic heterocycles. The molecule has 144 valence electrons. The summed E-state index contributed by atoms with van der Waals surface area (Å²) in [7, 11) is 0.